The Kier molecular flexibility index (Phi) is 5.47. The van der Waals surface area contributed by atoms with Crippen molar-refractivity contribution in [1.29, 1.82) is 0 Å². The first-order valence-electron chi connectivity index (χ1n) is 10.2. The summed E-state index contributed by atoms with van der Waals surface area (Å²) in [6.45, 7) is 5.52. The van der Waals surface area contributed by atoms with Crippen LogP contribution in [0.2, 0.25) is 0 Å². The number of halogens is 1. The molecular formula is C27H24FNO2. The molecule has 156 valence electrons. The quantitative estimate of drug-likeness (QED) is 0.350. The van der Waals surface area contributed by atoms with Gasteiger partial charge in [-0.05, 0) is 67.8 Å². The number of hydrogen-bond acceptors (Lipinski definition) is 2. The minimum Gasteiger partial charge on any atom is -0.443 e. The maximum absolute atomic E-state index is 13.6. The molecule has 4 aromatic rings. The summed E-state index contributed by atoms with van der Waals surface area (Å²) >= 11 is 0. The first-order valence-corrected chi connectivity index (χ1v) is 10.2. The van der Waals surface area contributed by atoms with Crippen LogP contribution in [0.3, 0.4) is 0 Å². The zero-order valence-corrected chi connectivity index (χ0v) is 17.8. The summed E-state index contributed by atoms with van der Waals surface area (Å²) in [7, 11) is 0. The Hall–Kier alpha value is -3.66. The van der Waals surface area contributed by atoms with Crippen molar-refractivity contribution in [2.45, 2.75) is 26.4 Å². The lowest BCUT2D eigenvalue weighted by molar-refractivity contribution is 0.0543. The number of hydrogen-bond donors (Lipinski definition) is 0. The van der Waals surface area contributed by atoms with Gasteiger partial charge >= 0.3 is 6.09 Å². The molecular weight excluding hydrogens is 389 g/mol. The van der Waals surface area contributed by atoms with Gasteiger partial charge in [-0.2, -0.15) is 0 Å². The Balaban J connectivity index is 2.04. The van der Waals surface area contributed by atoms with Gasteiger partial charge in [-0.3, -0.25) is 0 Å². The van der Waals surface area contributed by atoms with Crippen LogP contribution in [0, 0.1) is 5.82 Å². The Morgan fingerprint density at radius 3 is 1.87 bits per heavy atom. The van der Waals surface area contributed by atoms with Gasteiger partial charge in [0.25, 0.3) is 0 Å². The summed E-state index contributed by atoms with van der Waals surface area (Å²) in [6.07, 6.45) is -0.479. The van der Waals surface area contributed by atoms with Crippen molar-refractivity contribution in [1.82, 2.24) is 4.57 Å². The standard InChI is InChI=1S/C27H24FNO2/c1-27(2,3)31-26(30)29-24(20-14-16-22(28)17-15-20)18-23(19-10-6-4-7-11-19)25(29)21-12-8-5-9-13-21/h4-18H,1-3H3. The fourth-order valence-electron chi connectivity index (χ4n) is 3.56. The highest BCUT2D eigenvalue weighted by molar-refractivity contribution is 5.94. The van der Waals surface area contributed by atoms with E-state index in [9.17, 15) is 9.18 Å². The highest BCUT2D eigenvalue weighted by atomic mass is 19.1. The van der Waals surface area contributed by atoms with Crippen LogP contribution in [0.25, 0.3) is 33.6 Å². The monoisotopic (exact) mass is 413 g/mol. The molecule has 0 unspecified atom stereocenters. The second-order valence-corrected chi connectivity index (χ2v) is 8.35. The number of benzene rings is 3. The molecule has 3 aromatic carbocycles. The van der Waals surface area contributed by atoms with Crippen LogP contribution < -0.4 is 0 Å². The van der Waals surface area contributed by atoms with Crippen molar-refractivity contribution >= 4 is 6.09 Å². The molecule has 1 aromatic heterocycles. The van der Waals surface area contributed by atoms with Gasteiger partial charge in [-0.1, -0.05) is 60.7 Å². The normalized spacial score (nSPS) is 11.4. The van der Waals surface area contributed by atoms with Crippen LogP contribution in [0.1, 0.15) is 20.8 Å². The second kappa shape index (κ2) is 8.23. The van der Waals surface area contributed by atoms with Gasteiger partial charge in [0, 0.05) is 5.56 Å². The van der Waals surface area contributed by atoms with E-state index in [1.54, 1.807) is 16.7 Å². The van der Waals surface area contributed by atoms with Crippen molar-refractivity contribution in [3.05, 3.63) is 96.8 Å². The first-order chi connectivity index (χ1) is 14.8. The maximum atomic E-state index is 13.6. The van der Waals surface area contributed by atoms with Crippen LogP contribution in [0.5, 0.6) is 0 Å². The van der Waals surface area contributed by atoms with E-state index < -0.39 is 11.7 Å². The summed E-state index contributed by atoms with van der Waals surface area (Å²) in [6, 6.07) is 27.8. The third kappa shape index (κ3) is 4.43. The molecule has 0 saturated carbocycles. The van der Waals surface area contributed by atoms with Crippen LogP contribution in [-0.4, -0.2) is 16.3 Å². The molecule has 0 radical (unpaired) electrons. The third-order valence-corrected chi connectivity index (χ3v) is 4.85. The second-order valence-electron chi connectivity index (χ2n) is 8.35. The smallest absolute Gasteiger partial charge is 0.419 e. The Labute approximate surface area is 181 Å². The van der Waals surface area contributed by atoms with E-state index in [1.165, 1.54) is 12.1 Å². The van der Waals surface area contributed by atoms with E-state index in [1.807, 2.05) is 87.5 Å². The van der Waals surface area contributed by atoms with E-state index >= 15 is 0 Å². The van der Waals surface area contributed by atoms with E-state index in [2.05, 4.69) is 0 Å². The van der Waals surface area contributed by atoms with Gasteiger partial charge in [0.1, 0.15) is 11.4 Å². The van der Waals surface area contributed by atoms with Crippen LogP contribution in [0.4, 0.5) is 9.18 Å². The van der Waals surface area contributed by atoms with Gasteiger partial charge in [-0.25, -0.2) is 13.8 Å². The number of aromatic nitrogens is 1. The summed E-state index contributed by atoms with van der Waals surface area (Å²) in [5.41, 5.74) is 4.21. The predicted molar refractivity (Wildman–Crippen MR) is 122 cm³/mol. The average Bonchev–Trinajstić information content (AvgIpc) is 3.15. The molecule has 0 aliphatic carbocycles. The zero-order chi connectivity index (χ0) is 22.0. The molecule has 0 bridgehead atoms. The fourth-order valence-corrected chi connectivity index (χ4v) is 3.56. The van der Waals surface area contributed by atoms with Gasteiger partial charge in [0.15, 0.2) is 0 Å². The molecule has 0 aliphatic rings. The van der Waals surface area contributed by atoms with Crippen LogP contribution in [0.15, 0.2) is 91.0 Å². The summed E-state index contributed by atoms with van der Waals surface area (Å²) in [5.74, 6) is -0.328. The van der Waals surface area contributed by atoms with Gasteiger partial charge < -0.3 is 4.74 Å². The van der Waals surface area contributed by atoms with E-state index in [4.69, 9.17) is 4.74 Å². The Bertz CT molecular complexity index is 1190. The number of nitrogens with zero attached hydrogens (tertiary/aromatic N) is 1. The van der Waals surface area contributed by atoms with Gasteiger partial charge in [-0.15, -0.1) is 0 Å². The van der Waals surface area contributed by atoms with E-state index in [-0.39, 0.29) is 5.82 Å². The number of carbonyl (C=O) groups excluding carboxylic acids is 1. The number of rotatable bonds is 3. The molecule has 0 saturated heterocycles. The molecule has 3 nitrogen and oxygen atoms in total. The molecule has 0 spiro atoms. The van der Waals surface area contributed by atoms with Crippen LogP contribution in [-0.2, 0) is 4.74 Å². The molecule has 0 fully saturated rings. The van der Waals surface area contributed by atoms with Crippen molar-refractivity contribution < 1.29 is 13.9 Å². The van der Waals surface area contributed by atoms with Crippen molar-refractivity contribution in [2.75, 3.05) is 0 Å². The average molecular weight is 413 g/mol. The van der Waals surface area contributed by atoms with Crippen molar-refractivity contribution in [2.24, 2.45) is 0 Å². The lowest BCUT2D eigenvalue weighted by atomic mass is 10.0. The number of ether oxygens (including phenoxy) is 1. The molecule has 4 heteroatoms. The first kappa shape index (κ1) is 20.6. The lowest BCUT2D eigenvalue weighted by Gasteiger charge is -2.22. The lowest BCUT2D eigenvalue weighted by Crippen LogP contribution is -2.28. The molecule has 0 aliphatic heterocycles. The summed E-state index contributed by atoms with van der Waals surface area (Å²) < 4.78 is 21.0. The molecule has 0 atom stereocenters. The maximum Gasteiger partial charge on any atom is 0.419 e. The van der Waals surface area contributed by atoms with Crippen LogP contribution >= 0.6 is 0 Å². The highest BCUT2D eigenvalue weighted by Gasteiger charge is 2.27. The van der Waals surface area contributed by atoms with Crippen molar-refractivity contribution in [3.8, 4) is 33.6 Å². The molecule has 1 heterocycles. The Morgan fingerprint density at radius 2 is 1.32 bits per heavy atom. The minimum atomic E-state index is -0.664. The molecule has 0 N–H and O–H groups in total. The van der Waals surface area contributed by atoms with Gasteiger partial charge in [0.05, 0.1) is 11.4 Å². The Morgan fingerprint density at radius 1 is 0.774 bits per heavy atom. The summed E-state index contributed by atoms with van der Waals surface area (Å²) in [5, 5.41) is 0. The fraction of sp³-hybridized carbons (Fsp3) is 0.148. The summed E-state index contributed by atoms with van der Waals surface area (Å²) in [4.78, 5) is 13.4. The zero-order valence-electron chi connectivity index (χ0n) is 17.8. The largest absolute Gasteiger partial charge is 0.443 e. The van der Waals surface area contributed by atoms with E-state index in [0.717, 1.165) is 27.9 Å². The SMILES string of the molecule is CC(C)(C)OC(=O)n1c(-c2ccc(F)cc2)cc(-c2ccccc2)c1-c1ccccc1. The van der Waals surface area contributed by atoms with E-state index in [0.29, 0.717) is 5.69 Å². The van der Waals surface area contributed by atoms with Gasteiger partial charge in [0.2, 0.25) is 0 Å². The molecule has 4 rings (SSSR count). The third-order valence-electron chi connectivity index (χ3n) is 4.85. The molecule has 31 heavy (non-hydrogen) atoms. The van der Waals surface area contributed by atoms with Crippen molar-refractivity contribution in [3.63, 3.8) is 0 Å². The predicted octanol–water partition coefficient (Wildman–Crippen LogP) is 7.41. The highest BCUT2D eigenvalue weighted by Crippen LogP contribution is 2.39. The molecule has 0 amide bonds. The number of carbonyl (C=O) groups is 1. The minimum absolute atomic E-state index is 0.328. The topological polar surface area (TPSA) is 31.2 Å².